The Kier molecular flexibility index (Phi) is 4.99. The molecule has 1 N–H and O–H groups in total. The first-order valence-electron chi connectivity index (χ1n) is 5.79. The molecule has 0 aliphatic rings. The molecule has 0 aromatic carbocycles. The van der Waals surface area contributed by atoms with Crippen LogP contribution in [0.2, 0.25) is 5.15 Å². The topological polar surface area (TPSA) is 77.5 Å². The third kappa shape index (κ3) is 4.08. The van der Waals surface area contributed by atoms with Gasteiger partial charge in [0.25, 0.3) is 5.19 Å². The number of methoxy groups -OCH3 is 1. The molecule has 20 heavy (non-hydrogen) atoms. The molecule has 1 amide bonds. The summed E-state index contributed by atoms with van der Waals surface area (Å²) in [6.45, 7) is 6.71. The number of aromatic nitrogens is 1. The van der Waals surface area contributed by atoms with Crippen LogP contribution in [0, 0.1) is 0 Å². The minimum absolute atomic E-state index is 0.109. The number of ether oxygens (including phenoxy) is 2. The average molecular weight is 321 g/mol. The first-order chi connectivity index (χ1) is 9.11. The van der Waals surface area contributed by atoms with Crippen molar-refractivity contribution in [3.8, 4) is 5.19 Å². The minimum atomic E-state index is -1.33. The third-order valence-electron chi connectivity index (χ3n) is 2.21. The minimum Gasteiger partial charge on any atom is -0.473 e. The van der Waals surface area contributed by atoms with E-state index in [2.05, 4.69) is 10.3 Å². The molecule has 0 fully saturated rings. The Balaban J connectivity index is 2.99. The van der Waals surface area contributed by atoms with Crippen molar-refractivity contribution in [2.45, 2.75) is 38.8 Å². The molecule has 6 nitrogen and oxygen atoms in total. The predicted octanol–water partition coefficient (Wildman–Crippen LogP) is 2.74. The van der Waals surface area contributed by atoms with E-state index in [4.69, 9.17) is 21.1 Å². The van der Waals surface area contributed by atoms with E-state index in [-0.39, 0.29) is 5.15 Å². The van der Waals surface area contributed by atoms with Crippen molar-refractivity contribution in [2.75, 3.05) is 7.11 Å². The van der Waals surface area contributed by atoms with Crippen LogP contribution >= 0.6 is 22.9 Å². The molecule has 0 bridgehead atoms. The number of rotatable bonds is 4. The summed E-state index contributed by atoms with van der Waals surface area (Å²) in [4.78, 5) is 27.5. The third-order valence-corrected chi connectivity index (χ3v) is 3.85. The van der Waals surface area contributed by atoms with Crippen LogP contribution in [0.1, 0.15) is 32.6 Å². The summed E-state index contributed by atoms with van der Waals surface area (Å²) in [5.74, 6) is 0. The number of nitrogens with zero attached hydrogens (tertiary/aromatic N) is 1. The fraction of sp³-hybridized carbons (Fsp3) is 0.583. The molecule has 0 saturated heterocycles. The zero-order valence-electron chi connectivity index (χ0n) is 11.9. The molecular formula is C12H17ClN2O4S. The van der Waals surface area contributed by atoms with E-state index in [0.29, 0.717) is 16.4 Å². The van der Waals surface area contributed by atoms with Crippen LogP contribution in [0.3, 0.4) is 0 Å². The van der Waals surface area contributed by atoms with Crippen LogP contribution in [-0.4, -0.2) is 30.1 Å². The maximum absolute atomic E-state index is 11.8. The van der Waals surface area contributed by atoms with Gasteiger partial charge in [-0.3, -0.25) is 0 Å². The lowest BCUT2D eigenvalue weighted by Crippen LogP contribution is -2.46. The summed E-state index contributed by atoms with van der Waals surface area (Å²) in [6, 6.07) is 0. The van der Waals surface area contributed by atoms with Crippen molar-refractivity contribution in [3.05, 3.63) is 10.0 Å². The second-order valence-corrected chi connectivity index (χ2v) is 6.57. The van der Waals surface area contributed by atoms with Gasteiger partial charge in [-0.1, -0.05) is 22.9 Å². The lowest BCUT2D eigenvalue weighted by Gasteiger charge is -2.26. The molecule has 0 saturated carbocycles. The van der Waals surface area contributed by atoms with E-state index in [1.54, 1.807) is 20.8 Å². The maximum Gasteiger partial charge on any atom is 0.408 e. The van der Waals surface area contributed by atoms with Crippen molar-refractivity contribution in [1.82, 2.24) is 10.3 Å². The Morgan fingerprint density at radius 3 is 2.40 bits per heavy atom. The quantitative estimate of drug-likeness (QED) is 0.863. The summed E-state index contributed by atoms with van der Waals surface area (Å²) in [7, 11) is 1.44. The second-order valence-electron chi connectivity index (χ2n) is 5.25. The molecule has 1 aromatic heterocycles. The van der Waals surface area contributed by atoms with Crippen molar-refractivity contribution < 1.29 is 19.1 Å². The number of aldehydes is 1. The lowest BCUT2D eigenvalue weighted by atomic mass is 10.0. The molecule has 0 spiro atoms. The molecule has 1 unspecified atom stereocenters. The van der Waals surface area contributed by atoms with Gasteiger partial charge in [0, 0.05) is 0 Å². The molecule has 1 rings (SSSR count). The Morgan fingerprint density at radius 2 is 2.00 bits per heavy atom. The number of hydrogen-bond acceptors (Lipinski definition) is 6. The van der Waals surface area contributed by atoms with Gasteiger partial charge in [0.15, 0.2) is 6.29 Å². The zero-order valence-corrected chi connectivity index (χ0v) is 13.5. The summed E-state index contributed by atoms with van der Waals surface area (Å²) < 4.78 is 10.1. The molecule has 112 valence electrons. The van der Waals surface area contributed by atoms with Gasteiger partial charge in [-0.15, -0.1) is 0 Å². The van der Waals surface area contributed by atoms with Crippen LogP contribution < -0.4 is 10.1 Å². The molecule has 1 aromatic rings. The summed E-state index contributed by atoms with van der Waals surface area (Å²) >= 11 is 7.06. The number of amides is 1. The maximum atomic E-state index is 11.8. The normalized spacial score (nSPS) is 14.3. The fourth-order valence-corrected chi connectivity index (χ4v) is 2.62. The molecule has 8 heteroatoms. The monoisotopic (exact) mass is 320 g/mol. The second kappa shape index (κ2) is 5.97. The number of carbonyl (C=O) groups excluding carboxylic acids is 2. The summed E-state index contributed by atoms with van der Waals surface area (Å²) in [6.07, 6.45) is -0.133. The molecule has 0 aliphatic carbocycles. The largest absolute Gasteiger partial charge is 0.473 e. The van der Waals surface area contributed by atoms with Crippen LogP contribution in [0.5, 0.6) is 5.19 Å². The molecule has 0 aliphatic heterocycles. The van der Waals surface area contributed by atoms with Gasteiger partial charge in [0.05, 0.1) is 12.0 Å². The molecular weight excluding hydrogens is 304 g/mol. The molecule has 1 atom stereocenters. The van der Waals surface area contributed by atoms with Crippen molar-refractivity contribution >= 4 is 35.3 Å². The fourth-order valence-electron chi connectivity index (χ4n) is 1.35. The average Bonchev–Trinajstić information content (AvgIpc) is 2.68. The van der Waals surface area contributed by atoms with Crippen LogP contribution in [-0.2, 0) is 15.1 Å². The lowest BCUT2D eigenvalue weighted by molar-refractivity contribution is -0.113. The van der Waals surface area contributed by atoms with Crippen molar-refractivity contribution in [1.29, 1.82) is 0 Å². The standard InChI is InChI=1S/C12H17ClN2O4S/c1-11(2,3)19-9(17)15-12(4,6-16)7-8(13)14-10(18-5)20-7/h6H,1-5H3,(H,15,17). The zero-order chi connectivity index (χ0) is 15.6. The van der Waals surface area contributed by atoms with Crippen LogP contribution in [0.4, 0.5) is 4.79 Å². The van der Waals surface area contributed by atoms with E-state index in [9.17, 15) is 9.59 Å². The van der Waals surface area contributed by atoms with E-state index in [0.717, 1.165) is 11.3 Å². The van der Waals surface area contributed by atoms with Gasteiger partial charge in [-0.25, -0.2) is 4.79 Å². The SMILES string of the molecule is COc1nc(Cl)c(C(C)(C=O)NC(=O)OC(C)(C)C)s1. The number of thiazole rings is 1. The van der Waals surface area contributed by atoms with Crippen molar-refractivity contribution in [2.24, 2.45) is 0 Å². The van der Waals surface area contributed by atoms with Crippen LogP contribution in [0.15, 0.2) is 0 Å². The van der Waals surface area contributed by atoms with Gasteiger partial charge < -0.3 is 19.6 Å². The number of hydrogen-bond donors (Lipinski definition) is 1. The molecule has 1 heterocycles. The predicted molar refractivity (Wildman–Crippen MR) is 76.5 cm³/mol. The van der Waals surface area contributed by atoms with E-state index in [1.807, 2.05) is 0 Å². The van der Waals surface area contributed by atoms with E-state index < -0.39 is 17.2 Å². The van der Waals surface area contributed by atoms with Crippen LogP contribution in [0.25, 0.3) is 0 Å². The highest BCUT2D eigenvalue weighted by Crippen LogP contribution is 2.36. The van der Waals surface area contributed by atoms with Crippen molar-refractivity contribution in [3.63, 3.8) is 0 Å². The van der Waals surface area contributed by atoms with Gasteiger partial charge in [-0.05, 0) is 27.7 Å². The highest BCUT2D eigenvalue weighted by Gasteiger charge is 2.35. The summed E-state index contributed by atoms with van der Waals surface area (Å²) in [5, 5.41) is 2.91. The number of nitrogens with one attached hydrogen (secondary N) is 1. The van der Waals surface area contributed by atoms with Gasteiger partial charge in [-0.2, -0.15) is 4.98 Å². The van der Waals surface area contributed by atoms with Gasteiger partial charge in [0.1, 0.15) is 16.3 Å². The van der Waals surface area contributed by atoms with Gasteiger partial charge in [0.2, 0.25) is 0 Å². The number of alkyl carbamates (subject to hydrolysis) is 1. The van der Waals surface area contributed by atoms with Gasteiger partial charge >= 0.3 is 6.09 Å². The highest BCUT2D eigenvalue weighted by atomic mass is 35.5. The molecule has 0 radical (unpaired) electrons. The first-order valence-corrected chi connectivity index (χ1v) is 6.99. The highest BCUT2D eigenvalue weighted by molar-refractivity contribution is 7.14. The Hall–Kier alpha value is -1.34. The smallest absolute Gasteiger partial charge is 0.408 e. The Morgan fingerprint density at radius 1 is 1.40 bits per heavy atom. The van der Waals surface area contributed by atoms with E-state index in [1.165, 1.54) is 14.0 Å². The first kappa shape index (κ1) is 16.7. The number of carbonyl (C=O) groups is 2. The van der Waals surface area contributed by atoms with E-state index >= 15 is 0 Å². The number of halogens is 1. The Labute approximate surface area is 126 Å². The summed E-state index contributed by atoms with van der Waals surface area (Å²) in [5.41, 5.74) is -1.99. The Bertz CT molecular complexity index is 512.